The molecule has 0 saturated heterocycles. The van der Waals surface area contributed by atoms with E-state index in [1.54, 1.807) is 12.1 Å². The molecule has 1 unspecified atom stereocenters. The van der Waals surface area contributed by atoms with Gasteiger partial charge in [0.2, 0.25) is 5.91 Å². The van der Waals surface area contributed by atoms with Crippen LogP contribution in [0.15, 0.2) is 84.9 Å². The van der Waals surface area contributed by atoms with Crippen molar-refractivity contribution in [3.05, 3.63) is 107 Å². The zero-order valence-electron chi connectivity index (χ0n) is 17.6. The largest absolute Gasteiger partial charge is 0.343 e. The van der Waals surface area contributed by atoms with Gasteiger partial charge in [-0.2, -0.15) is 0 Å². The molecule has 154 valence electrons. The van der Waals surface area contributed by atoms with Crippen LogP contribution in [0.2, 0.25) is 0 Å². The maximum atomic E-state index is 13.2. The predicted octanol–water partition coefficient (Wildman–Crippen LogP) is 4.66. The molecule has 0 aliphatic carbocycles. The van der Waals surface area contributed by atoms with E-state index in [9.17, 15) is 9.59 Å². The van der Waals surface area contributed by atoms with E-state index in [1.807, 2.05) is 93.6 Å². The molecule has 4 heteroatoms. The van der Waals surface area contributed by atoms with Gasteiger partial charge in [0.1, 0.15) is 6.04 Å². The topological polar surface area (TPSA) is 58.2 Å². The van der Waals surface area contributed by atoms with Gasteiger partial charge in [-0.3, -0.25) is 9.59 Å². The van der Waals surface area contributed by atoms with Crippen LogP contribution in [0, 0.1) is 12.8 Å². The summed E-state index contributed by atoms with van der Waals surface area (Å²) in [6, 6.07) is 26.1. The van der Waals surface area contributed by atoms with Gasteiger partial charge in [-0.1, -0.05) is 92.2 Å². The van der Waals surface area contributed by atoms with E-state index in [4.69, 9.17) is 0 Å². The highest BCUT2D eigenvalue weighted by Crippen LogP contribution is 2.22. The van der Waals surface area contributed by atoms with Crippen molar-refractivity contribution in [1.29, 1.82) is 0 Å². The van der Waals surface area contributed by atoms with E-state index in [2.05, 4.69) is 10.6 Å². The zero-order valence-corrected chi connectivity index (χ0v) is 17.6. The molecular formula is C26H28N2O2. The Bertz CT molecular complexity index is 927. The summed E-state index contributed by atoms with van der Waals surface area (Å²) in [6.45, 7) is 5.83. The number of benzene rings is 3. The standard InChI is InChI=1S/C26H28N2O2/c1-18(2)23(27-25(29)22-16-14-19(3)15-17-22)26(30)28-24(20-10-6-4-7-11-20)21-12-8-5-9-13-21/h4-18,23-24H,1-3H3,(H,27,29)(H,28,30). The normalized spacial score (nSPS) is 11.9. The first-order valence-electron chi connectivity index (χ1n) is 10.2. The quantitative estimate of drug-likeness (QED) is 0.606. The first-order valence-corrected chi connectivity index (χ1v) is 10.2. The molecule has 0 heterocycles. The van der Waals surface area contributed by atoms with Gasteiger partial charge in [0.25, 0.3) is 5.91 Å². The van der Waals surface area contributed by atoms with Crippen molar-refractivity contribution in [3.8, 4) is 0 Å². The molecule has 3 aromatic carbocycles. The lowest BCUT2D eigenvalue weighted by Crippen LogP contribution is -2.50. The summed E-state index contributed by atoms with van der Waals surface area (Å²) >= 11 is 0. The van der Waals surface area contributed by atoms with Gasteiger partial charge in [-0.05, 0) is 36.1 Å². The van der Waals surface area contributed by atoms with Crippen LogP contribution in [0.1, 0.15) is 46.9 Å². The van der Waals surface area contributed by atoms with Crippen LogP contribution in [0.4, 0.5) is 0 Å². The lowest BCUT2D eigenvalue weighted by Gasteiger charge is -2.26. The molecule has 3 rings (SSSR count). The van der Waals surface area contributed by atoms with Crippen molar-refractivity contribution in [3.63, 3.8) is 0 Å². The molecule has 0 spiro atoms. The second-order valence-corrected chi connectivity index (χ2v) is 7.82. The van der Waals surface area contributed by atoms with Gasteiger partial charge in [0.15, 0.2) is 0 Å². The summed E-state index contributed by atoms with van der Waals surface area (Å²) in [5.41, 5.74) is 3.61. The summed E-state index contributed by atoms with van der Waals surface area (Å²) in [7, 11) is 0. The Balaban J connectivity index is 1.81. The van der Waals surface area contributed by atoms with Gasteiger partial charge in [-0.15, -0.1) is 0 Å². The fourth-order valence-corrected chi connectivity index (χ4v) is 3.35. The molecule has 30 heavy (non-hydrogen) atoms. The van der Waals surface area contributed by atoms with E-state index in [1.165, 1.54) is 0 Å². The highest BCUT2D eigenvalue weighted by Gasteiger charge is 2.27. The minimum absolute atomic E-state index is 0.0633. The second-order valence-electron chi connectivity index (χ2n) is 7.82. The Morgan fingerprint density at radius 3 is 1.67 bits per heavy atom. The van der Waals surface area contributed by atoms with Crippen molar-refractivity contribution in [2.75, 3.05) is 0 Å². The van der Waals surface area contributed by atoms with Gasteiger partial charge >= 0.3 is 0 Å². The predicted molar refractivity (Wildman–Crippen MR) is 120 cm³/mol. The molecule has 0 fully saturated rings. The van der Waals surface area contributed by atoms with Crippen LogP contribution in [-0.4, -0.2) is 17.9 Å². The second kappa shape index (κ2) is 9.88. The fourth-order valence-electron chi connectivity index (χ4n) is 3.35. The summed E-state index contributed by atoms with van der Waals surface area (Å²) in [5.74, 6) is -0.519. The molecule has 0 radical (unpaired) electrons. The van der Waals surface area contributed by atoms with Crippen LogP contribution < -0.4 is 10.6 Å². The number of rotatable bonds is 7. The van der Waals surface area contributed by atoms with Crippen LogP contribution in [0.25, 0.3) is 0 Å². The molecule has 0 aliphatic heterocycles. The highest BCUT2D eigenvalue weighted by atomic mass is 16.2. The maximum absolute atomic E-state index is 13.2. The molecular weight excluding hydrogens is 372 g/mol. The van der Waals surface area contributed by atoms with Crippen molar-refractivity contribution in [2.24, 2.45) is 5.92 Å². The summed E-state index contributed by atoms with van der Waals surface area (Å²) in [6.07, 6.45) is 0. The van der Waals surface area contributed by atoms with Crippen molar-refractivity contribution >= 4 is 11.8 Å². The monoisotopic (exact) mass is 400 g/mol. The Labute approximate surface area is 178 Å². The molecule has 3 aromatic rings. The summed E-state index contributed by atoms with van der Waals surface area (Å²) in [4.78, 5) is 25.9. The summed E-state index contributed by atoms with van der Waals surface area (Å²) < 4.78 is 0. The molecule has 4 nitrogen and oxygen atoms in total. The van der Waals surface area contributed by atoms with Gasteiger partial charge in [-0.25, -0.2) is 0 Å². The Hall–Kier alpha value is -3.40. The molecule has 1 atom stereocenters. The smallest absolute Gasteiger partial charge is 0.251 e. The minimum atomic E-state index is -0.645. The van der Waals surface area contributed by atoms with Crippen LogP contribution >= 0.6 is 0 Å². The highest BCUT2D eigenvalue weighted by molar-refractivity contribution is 5.97. The minimum Gasteiger partial charge on any atom is -0.343 e. The number of hydrogen-bond donors (Lipinski definition) is 2. The van der Waals surface area contributed by atoms with Crippen LogP contribution in [-0.2, 0) is 4.79 Å². The first kappa shape index (κ1) is 21.3. The molecule has 0 aliphatic rings. The van der Waals surface area contributed by atoms with E-state index < -0.39 is 6.04 Å². The number of amides is 2. The molecule has 2 N–H and O–H groups in total. The lowest BCUT2D eigenvalue weighted by molar-refractivity contribution is -0.124. The van der Waals surface area contributed by atoms with Crippen molar-refractivity contribution < 1.29 is 9.59 Å². The van der Waals surface area contributed by atoms with Gasteiger partial charge in [0, 0.05) is 5.56 Å². The average molecular weight is 401 g/mol. The number of carbonyl (C=O) groups is 2. The van der Waals surface area contributed by atoms with E-state index in [0.29, 0.717) is 5.56 Å². The molecule has 2 amide bonds. The van der Waals surface area contributed by atoms with Gasteiger partial charge < -0.3 is 10.6 Å². The van der Waals surface area contributed by atoms with E-state index in [0.717, 1.165) is 16.7 Å². The van der Waals surface area contributed by atoms with Gasteiger partial charge in [0.05, 0.1) is 6.04 Å². The Morgan fingerprint density at radius 1 is 0.700 bits per heavy atom. The fraction of sp³-hybridized carbons (Fsp3) is 0.231. The molecule has 0 saturated carbocycles. The third-order valence-electron chi connectivity index (χ3n) is 5.10. The van der Waals surface area contributed by atoms with E-state index in [-0.39, 0.29) is 23.8 Å². The first-order chi connectivity index (χ1) is 14.5. The average Bonchev–Trinajstić information content (AvgIpc) is 2.77. The van der Waals surface area contributed by atoms with Crippen molar-refractivity contribution in [1.82, 2.24) is 10.6 Å². The number of carbonyl (C=O) groups excluding carboxylic acids is 2. The third kappa shape index (κ3) is 5.35. The summed E-state index contributed by atoms with van der Waals surface area (Å²) in [5, 5.41) is 6.05. The number of aryl methyl sites for hydroxylation is 1. The van der Waals surface area contributed by atoms with Crippen molar-refractivity contribution in [2.45, 2.75) is 32.9 Å². The number of hydrogen-bond acceptors (Lipinski definition) is 2. The zero-order chi connectivity index (χ0) is 21.5. The Kier molecular flexibility index (Phi) is 7.02. The maximum Gasteiger partial charge on any atom is 0.251 e. The molecule has 0 aromatic heterocycles. The van der Waals surface area contributed by atoms with Crippen LogP contribution in [0.5, 0.6) is 0 Å². The Morgan fingerprint density at radius 2 is 1.20 bits per heavy atom. The molecule has 0 bridgehead atoms. The van der Waals surface area contributed by atoms with E-state index >= 15 is 0 Å². The SMILES string of the molecule is Cc1ccc(C(=O)NC(C(=O)NC(c2ccccc2)c2ccccc2)C(C)C)cc1. The van der Waals surface area contributed by atoms with Crippen LogP contribution in [0.3, 0.4) is 0 Å². The lowest BCUT2D eigenvalue weighted by atomic mass is 9.96. The third-order valence-corrected chi connectivity index (χ3v) is 5.10. The number of nitrogens with one attached hydrogen (secondary N) is 2.